The highest BCUT2D eigenvalue weighted by Crippen LogP contribution is 2.27. The number of furan rings is 1. The monoisotopic (exact) mass is 315 g/mol. The number of nitrogens with one attached hydrogen (secondary N) is 1. The van der Waals surface area contributed by atoms with E-state index >= 15 is 0 Å². The molecule has 1 N–H and O–H groups in total. The number of rotatable bonds is 4. The molecule has 23 heavy (non-hydrogen) atoms. The Kier molecular flexibility index (Phi) is 4.28. The number of hydrogen-bond acceptors (Lipinski definition) is 3. The van der Waals surface area contributed by atoms with Crippen LogP contribution in [0.2, 0.25) is 0 Å². The van der Waals surface area contributed by atoms with Crippen molar-refractivity contribution in [2.75, 3.05) is 7.05 Å². The van der Waals surface area contributed by atoms with Gasteiger partial charge in [0.15, 0.2) is 0 Å². The highest BCUT2D eigenvalue weighted by Gasteiger charge is 2.29. The van der Waals surface area contributed by atoms with Crippen molar-refractivity contribution in [1.82, 2.24) is 14.9 Å². The smallest absolute Gasteiger partial charge is 0.226 e. The number of aryl methyl sites for hydroxylation is 2. The lowest BCUT2D eigenvalue weighted by Crippen LogP contribution is -2.35. The summed E-state index contributed by atoms with van der Waals surface area (Å²) in [5, 5.41) is 0. The molecule has 0 saturated heterocycles. The first-order valence-electron chi connectivity index (χ1n) is 8.31. The van der Waals surface area contributed by atoms with E-state index in [-0.39, 0.29) is 11.8 Å². The molecule has 0 fully saturated rings. The molecule has 5 nitrogen and oxygen atoms in total. The van der Waals surface area contributed by atoms with Gasteiger partial charge in [-0.1, -0.05) is 13.8 Å². The zero-order valence-electron chi connectivity index (χ0n) is 14.3. The van der Waals surface area contributed by atoms with E-state index in [1.807, 2.05) is 24.9 Å². The van der Waals surface area contributed by atoms with Crippen LogP contribution in [0.15, 0.2) is 16.7 Å². The predicted molar refractivity (Wildman–Crippen MR) is 88.1 cm³/mol. The summed E-state index contributed by atoms with van der Waals surface area (Å²) in [6.45, 7) is 6.80. The second kappa shape index (κ2) is 6.22. The normalized spacial score (nSPS) is 17.3. The predicted octanol–water partition coefficient (Wildman–Crippen LogP) is 3.20. The van der Waals surface area contributed by atoms with Crippen molar-refractivity contribution >= 4 is 5.91 Å². The van der Waals surface area contributed by atoms with E-state index in [0.29, 0.717) is 12.5 Å². The maximum absolute atomic E-state index is 12.7. The SMILES string of the molecule is Cc1occc1CN(C)C(=O)[C@H]1CCc2nc(C(C)C)[nH]c2C1. The number of aromatic nitrogens is 2. The average Bonchev–Trinajstić information content (AvgIpc) is 3.12. The fourth-order valence-corrected chi connectivity index (χ4v) is 3.21. The van der Waals surface area contributed by atoms with E-state index in [0.717, 1.165) is 47.8 Å². The van der Waals surface area contributed by atoms with Gasteiger partial charge in [0.05, 0.1) is 12.0 Å². The zero-order chi connectivity index (χ0) is 16.6. The number of H-pyrrole nitrogens is 1. The lowest BCUT2D eigenvalue weighted by molar-refractivity contribution is -0.135. The Morgan fingerprint density at radius 1 is 1.52 bits per heavy atom. The zero-order valence-corrected chi connectivity index (χ0v) is 14.3. The van der Waals surface area contributed by atoms with Gasteiger partial charge in [0.2, 0.25) is 5.91 Å². The van der Waals surface area contributed by atoms with Crippen LogP contribution in [0.3, 0.4) is 0 Å². The van der Waals surface area contributed by atoms with Crippen molar-refractivity contribution in [2.45, 2.75) is 52.5 Å². The van der Waals surface area contributed by atoms with Crippen LogP contribution in [0.5, 0.6) is 0 Å². The molecule has 2 heterocycles. The minimum absolute atomic E-state index is 0.0418. The van der Waals surface area contributed by atoms with Gasteiger partial charge in [-0.05, 0) is 25.8 Å². The van der Waals surface area contributed by atoms with Crippen molar-refractivity contribution in [3.63, 3.8) is 0 Å². The van der Waals surface area contributed by atoms with Crippen LogP contribution < -0.4 is 0 Å². The summed E-state index contributed by atoms with van der Waals surface area (Å²) in [4.78, 5) is 22.6. The van der Waals surface area contributed by atoms with E-state index in [2.05, 4.69) is 23.8 Å². The van der Waals surface area contributed by atoms with Gasteiger partial charge in [0, 0.05) is 43.1 Å². The highest BCUT2D eigenvalue weighted by atomic mass is 16.3. The van der Waals surface area contributed by atoms with E-state index in [1.54, 1.807) is 6.26 Å². The molecule has 1 aliphatic rings. The van der Waals surface area contributed by atoms with Crippen LogP contribution in [0, 0.1) is 12.8 Å². The molecule has 0 bridgehead atoms. The number of carbonyl (C=O) groups excluding carboxylic acids is 1. The Labute approximate surface area is 137 Å². The van der Waals surface area contributed by atoms with Crippen LogP contribution in [-0.4, -0.2) is 27.8 Å². The molecule has 1 amide bonds. The second-order valence-corrected chi connectivity index (χ2v) is 6.84. The molecular formula is C18H25N3O2. The molecule has 1 atom stereocenters. The number of imidazole rings is 1. The molecular weight excluding hydrogens is 290 g/mol. The van der Waals surface area contributed by atoms with Crippen molar-refractivity contribution in [3.8, 4) is 0 Å². The Balaban J connectivity index is 1.67. The topological polar surface area (TPSA) is 62.1 Å². The van der Waals surface area contributed by atoms with Crippen LogP contribution in [0.1, 0.15) is 54.7 Å². The van der Waals surface area contributed by atoms with Crippen LogP contribution in [0.25, 0.3) is 0 Å². The third-order valence-electron chi connectivity index (χ3n) is 4.71. The quantitative estimate of drug-likeness (QED) is 0.942. The van der Waals surface area contributed by atoms with Crippen molar-refractivity contribution in [1.29, 1.82) is 0 Å². The molecule has 124 valence electrons. The van der Waals surface area contributed by atoms with Gasteiger partial charge in [0.1, 0.15) is 11.6 Å². The summed E-state index contributed by atoms with van der Waals surface area (Å²) < 4.78 is 5.31. The summed E-state index contributed by atoms with van der Waals surface area (Å²) in [7, 11) is 1.87. The van der Waals surface area contributed by atoms with Crippen molar-refractivity contribution in [2.24, 2.45) is 5.92 Å². The van der Waals surface area contributed by atoms with Gasteiger partial charge in [0.25, 0.3) is 0 Å². The number of hydrogen-bond donors (Lipinski definition) is 1. The molecule has 5 heteroatoms. The van der Waals surface area contributed by atoms with E-state index in [9.17, 15) is 4.79 Å². The Morgan fingerprint density at radius 3 is 2.96 bits per heavy atom. The van der Waals surface area contributed by atoms with Gasteiger partial charge < -0.3 is 14.3 Å². The van der Waals surface area contributed by atoms with Crippen LogP contribution >= 0.6 is 0 Å². The minimum Gasteiger partial charge on any atom is -0.469 e. The molecule has 3 rings (SSSR count). The summed E-state index contributed by atoms with van der Waals surface area (Å²) in [6, 6.07) is 1.93. The Morgan fingerprint density at radius 2 is 2.30 bits per heavy atom. The van der Waals surface area contributed by atoms with Crippen molar-refractivity contribution in [3.05, 3.63) is 40.9 Å². The average molecular weight is 315 g/mol. The summed E-state index contributed by atoms with van der Waals surface area (Å²) in [6.07, 6.45) is 4.20. The molecule has 0 radical (unpaired) electrons. The maximum atomic E-state index is 12.7. The molecule has 0 aromatic carbocycles. The summed E-state index contributed by atoms with van der Waals surface area (Å²) in [5.41, 5.74) is 3.36. The Bertz CT molecular complexity index is 699. The van der Waals surface area contributed by atoms with Gasteiger partial charge in [-0.2, -0.15) is 0 Å². The fraction of sp³-hybridized carbons (Fsp3) is 0.556. The number of nitrogens with zero attached hydrogens (tertiary/aromatic N) is 2. The maximum Gasteiger partial charge on any atom is 0.226 e. The number of fused-ring (bicyclic) bond motifs is 1. The third-order valence-corrected chi connectivity index (χ3v) is 4.71. The van der Waals surface area contributed by atoms with Gasteiger partial charge in [-0.3, -0.25) is 4.79 Å². The van der Waals surface area contributed by atoms with E-state index in [4.69, 9.17) is 4.42 Å². The molecule has 2 aromatic heterocycles. The van der Waals surface area contributed by atoms with E-state index < -0.39 is 0 Å². The lowest BCUT2D eigenvalue weighted by Gasteiger charge is -2.26. The first-order valence-corrected chi connectivity index (χ1v) is 8.31. The summed E-state index contributed by atoms with van der Waals surface area (Å²) >= 11 is 0. The lowest BCUT2D eigenvalue weighted by atomic mass is 9.89. The molecule has 0 unspecified atom stereocenters. The molecule has 1 aliphatic carbocycles. The molecule has 0 saturated carbocycles. The minimum atomic E-state index is 0.0418. The third kappa shape index (κ3) is 3.19. The van der Waals surface area contributed by atoms with Gasteiger partial charge >= 0.3 is 0 Å². The summed E-state index contributed by atoms with van der Waals surface area (Å²) in [5.74, 6) is 2.55. The first-order chi connectivity index (χ1) is 11.0. The Hall–Kier alpha value is -2.04. The van der Waals surface area contributed by atoms with Crippen LogP contribution in [0.4, 0.5) is 0 Å². The largest absolute Gasteiger partial charge is 0.469 e. The number of amides is 1. The second-order valence-electron chi connectivity index (χ2n) is 6.84. The number of carbonyl (C=O) groups is 1. The molecule has 2 aromatic rings. The highest BCUT2D eigenvalue weighted by molar-refractivity contribution is 5.79. The number of aromatic amines is 1. The first kappa shape index (κ1) is 15.8. The molecule has 0 aliphatic heterocycles. The van der Waals surface area contributed by atoms with Gasteiger partial charge in [-0.25, -0.2) is 4.98 Å². The molecule has 0 spiro atoms. The van der Waals surface area contributed by atoms with Gasteiger partial charge in [-0.15, -0.1) is 0 Å². The fourth-order valence-electron chi connectivity index (χ4n) is 3.21. The van der Waals surface area contributed by atoms with Crippen molar-refractivity contribution < 1.29 is 9.21 Å². The standard InChI is InChI=1S/C18H25N3O2/c1-11(2)17-19-15-6-5-13(9-16(15)20-17)18(22)21(4)10-14-7-8-23-12(14)3/h7-8,11,13H,5-6,9-10H2,1-4H3,(H,19,20)/t13-/m0/s1. The van der Waals surface area contributed by atoms with Crippen LogP contribution in [-0.2, 0) is 24.2 Å². The van der Waals surface area contributed by atoms with E-state index in [1.165, 1.54) is 0 Å².